The van der Waals surface area contributed by atoms with Gasteiger partial charge in [0.2, 0.25) is 0 Å². The van der Waals surface area contributed by atoms with Crippen molar-refractivity contribution in [2.75, 3.05) is 13.2 Å². The molecule has 9 heteroatoms. The summed E-state index contributed by atoms with van der Waals surface area (Å²) in [6.07, 6.45) is 8.42. The van der Waals surface area contributed by atoms with E-state index in [1.54, 1.807) is 0 Å². The zero-order valence-electron chi connectivity index (χ0n) is 19.6. The van der Waals surface area contributed by atoms with Crippen LogP contribution in [-0.4, -0.2) is 25.3 Å². The van der Waals surface area contributed by atoms with Crippen molar-refractivity contribution in [1.82, 2.24) is 0 Å². The number of hydrogen-bond donors (Lipinski definition) is 0. The van der Waals surface area contributed by atoms with Crippen molar-refractivity contribution < 1.29 is 41.0 Å². The van der Waals surface area contributed by atoms with Gasteiger partial charge < -0.3 is 14.2 Å². The Morgan fingerprint density at radius 1 is 0.829 bits per heavy atom. The maximum atomic E-state index is 14.5. The first-order chi connectivity index (χ1) is 16.8. The zero-order chi connectivity index (χ0) is 25.4. The van der Waals surface area contributed by atoms with E-state index in [0.29, 0.717) is 12.1 Å². The lowest BCUT2D eigenvalue weighted by Crippen LogP contribution is -2.25. The molecule has 2 aromatic carbocycles. The van der Waals surface area contributed by atoms with Crippen LogP contribution in [0.1, 0.15) is 68.6 Å². The summed E-state index contributed by atoms with van der Waals surface area (Å²) >= 11 is 0. The predicted octanol–water partition coefficient (Wildman–Crippen LogP) is 7.14. The van der Waals surface area contributed by atoms with Gasteiger partial charge in [-0.05, 0) is 38.0 Å². The molecule has 0 radical (unpaired) electrons. The van der Waals surface area contributed by atoms with Crippen molar-refractivity contribution in [2.24, 2.45) is 5.92 Å². The molecule has 3 rings (SSSR count). The van der Waals surface area contributed by atoms with Crippen molar-refractivity contribution >= 4 is 5.97 Å². The van der Waals surface area contributed by atoms with Crippen LogP contribution in [0.2, 0.25) is 0 Å². The molecule has 1 aliphatic rings. The SMILES string of the molecule is CCCCCCOC1CCC(COc2cc(F)c(C(=O)Oc3cc(F)c(F)c(F)c3)c(F)c2)CC1. The highest BCUT2D eigenvalue weighted by Crippen LogP contribution is 2.29. The van der Waals surface area contributed by atoms with Crippen molar-refractivity contribution in [3.8, 4) is 11.5 Å². The summed E-state index contributed by atoms with van der Waals surface area (Å²) < 4.78 is 84.6. The average molecular weight is 501 g/mol. The van der Waals surface area contributed by atoms with E-state index in [-0.39, 0.29) is 24.4 Å². The first kappa shape index (κ1) is 26.9. The van der Waals surface area contributed by atoms with E-state index < -0.39 is 46.4 Å². The van der Waals surface area contributed by atoms with Crippen LogP contribution in [0.5, 0.6) is 11.5 Å². The lowest BCUT2D eigenvalue weighted by atomic mass is 9.88. The minimum atomic E-state index is -1.76. The lowest BCUT2D eigenvalue weighted by Gasteiger charge is -2.28. The number of benzene rings is 2. The first-order valence-electron chi connectivity index (χ1n) is 11.9. The second kappa shape index (κ2) is 12.9. The van der Waals surface area contributed by atoms with Crippen LogP contribution in [0.15, 0.2) is 24.3 Å². The summed E-state index contributed by atoms with van der Waals surface area (Å²) in [6, 6.07) is 2.48. The molecule has 4 nitrogen and oxygen atoms in total. The van der Waals surface area contributed by atoms with Gasteiger partial charge in [-0.15, -0.1) is 0 Å². The Bertz CT molecular complexity index is 959. The van der Waals surface area contributed by atoms with Gasteiger partial charge in [0.1, 0.15) is 28.7 Å². The van der Waals surface area contributed by atoms with Gasteiger partial charge in [0.05, 0.1) is 12.7 Å². The highest BCUT2D eigenvalue weighted by atomic mass is 19.2. The molecule has 0 atom stereocenters. The van der Waals surface area contributed by atoms with Gasteiger partial charge in [0.15, 0.2) is 17.5 Å². The highest BCUT2D eigenvalue weighted by Gasteiger charge is 2.25. The average Bonchev–Trinajstić information content (AvgIpc) is 2.81. The van der Waals surface area contributed by atoms with Gasteiger partial charge in [-0.25, -0.2) is 26.7 Å². The fourth-order valence-electron chi connectivity index (χ4n) is 4.04. The second-order valence-corrected chi connectivity index (χ2v) is 8.74. The lowest BCUT2D eigenvalue weighted by molar-refractivity contribution is 0.0111. The Labute approximate surface area is 201 Å². The Morgan fingerprint density at radius 2 is 1.43 bits per heavy atom. The molecule has 0 bridgehead atoms. The number of carbonyl (C=O) groups excluding carboxylic acids is 1. The molecular weight excluding hydrogens is 471 g/mol. The number of halogens is 5. The van der Waals surface area contributed by atoms with E-state index in [1.807, 2.05) is 0 Å². The molecule has 0 amide bonds. The Hall–Kier alpha value is -2.68. The first-order valence-corrected chi connectivity index (χ1v) is 11.9. The molecular formula is C26H29F5O4. The molecule has 1 aliphatic carbocycles. The van der Waals surface area contributed by atoms with Crippen LogP contribution in [0, 0.1) is 35.0 Å². The minimum Gasteiger partial charge on any atom is -0.493 e. The number of rotatable bonds is 11. The van der Waals surface area contributed by atoms with Gasteiger partial charge in [-0.1, -0.05) is 26.2 Å². The zero-order valence-corrected chi connectivity index (χ0v) is 19.6. The molecule has 0 heterocycles. The van der Waals surface area contributed by atoms with Crippen LogP contribution < -0.4 is 9.47 Å². The predicted molar refractivity (Wildman–Crippen MR) is 119 cm³/mol. The van der Waals surface area contributed by atoms with Gasteiger partial charge in [-0.3, -0.25) is 0 Å². The van der Waals surface area contributed by atoms with Gasteiger partial charge in [0, 0.05) is 30.9 Å². The molecule has 1 saturated carbocycles. The summed E-state index contributed by atoms with van der Waals surface area (Å²) in [5.41, 5.74) is -1.06. The fraction of sp³-hybridized carbons (Fsp3) is 0.500. The highest BCUT2D eigenvalue weighted by molar-refractivity contribution is 5.91. The van der Waals surface area contributed by atoms with Crippen molar-refractivity contribution in [3.63, 3.8) is 0 Å². The minimum absolute atomic E-state index is 0.0929. The van der Waals surface area contributed by atoms with E-state index >= 15 is 0 Å². The van der Waals surface area contributed by atoms with E-state index in [1.165, 1.54) is 19.3 Å². The van der Waals surface area contributed by atoms with Gasteiger partial charge in [-0.2, -0.15) is 0 Å². The summed E-state index contributed by atoms with van der Waals surface area (Å²) in [7, 11) is 0. The molecule has 0 saturated heterocycles. The summed E-state index contributed by atoms with van der Waals surface area (Å²) in [5, 5.41) is 0. The van der Waals surface area contributed by atoms with E-state index in [2.05, 4.69) is 11.7 Å². The van der Waals surface area contributed by atoms with Crippen LogP contribution >= 0.6 is 0 Å². The van der Waals surface area contributed by atoms with Gasteiger partial charge >= 0.3 is 5.97 Å². The summed E-state index contributed by atoms with van der Waals surface area (Å²) in [5.74, 6) is -9.61. The molecule has 0 spiro atoms. The molecule has 0 N–H and O–H groups in total. The number of unbranched alkanes of at least 4 members (excludes halogenated alkanes) is 3. The maximum absolute atomic E-state index is 14.5. The number of ether oxygens (including phenoxy) is 3. The molecule has 0 aromatic heterocycles. The third-order valence-corrected chi connectivity index (χ3v) is 6.02. The van der Waals surface area contributed by atoms with Crippen LogP contribution in [0.25, 0.3) is 0 Å². The quantitative estimate of drug-likeness (QED) is 0.108. The Kier molecular flexibility index (Phi) is 9.89. The molecule has 0 aliphatic heterocycles. The molecule has 1 fully saturated rings. The third kappa shape index (κ3) is 7.65. The van der Waals surface area contributed by atoms with Crippen LogP contribution in [-0.2, 0) is 4.74 Å². The summed E-state index contributed by atoms with van der Waals surface area (Å²) in [6.45, 7) is 3.20. The topological polar surface area (TPSA) is 44.8 Å². The Morgan fingerprint density at radius 3 is 2.03 bits per heavy atom. The largest absolute Gasteiger partial charge is 0.493 e. The van der Waals surface area contributed by atoms with Crippen molar-refractivity contribution in [2.45, 2.75) is 64.4 Å². The number of hydrogen-bond acceptors (Lipinski definition) is 4. The monoisotopic (exact) mass is 500 g/mol. The summed E-state index contributed by atoms with van der Waals surface area (Å²) in [4.78, 5) is 12.1. The van der Waals surface area contributed by atoms with Gasteiger partial charge in [0.25, 0.3) is 0 Å². The Balaban J connectivity index is 1.50. The third-order valence-electron chi connectivity index (χ3n) is 6.02. The second-order valence-electron chi connectivity index (χ2n) is 8.74. The molecule has 35 heavy (non-hydrogen) atoms. The molecule has 2 aromatic rings. The van der Waals surface area contributed by atoms with Crippen molar-refractivity contribution in [3.05, 3.63) is 58.9 Å². The number of carbonyl (C=O) groups is 1. The molecule has 192 valence electrons. The van der Waals surface area contributed by atoms with E-state index in [9.17, 15) is 26.7 Å². The van der Waals surface area contributed by atoms with E-state index in [4.69, 9.17) is 9.47 Å². The van der Waals surface area contributed by atoms with E-state index in [0.717, 1.165) is 50.8 Å². The normalized spacial score (nSPS) is 17.9. The fourth-order valence-corrected chi connectivity index (χ4v) is 4.04. The number of esters is 1. The van der Waals surface area contributed by atoms with Crippen LogP contribution in [0.4, 0.5) is 22.0 Å². The maximum Gasteiger partial charge on any atom is 0.349 e. The van der Waals surface area contributed by atoms with Crippen molar-refractivity contribution in [1.29, 1.82) is 0 Å². The molecule has 0 unspecified atom stereocenters. The smallest absolute Gasteiger partial charge is 0.349 e. The standard InChI is InChI=1S/C26H29F5O4/c1-2-3-4-5-10-33-17-8-6-16(7-9-17)15-34-18-11-20(27)24(21(28)12-18)26(32)35-19-13-22(29)25(31)23(30)14-19/h11-14,16-17H,2-10,15H2,1H3. The van der Waals surface area contributed by atoms with Crippen LogP contribution in [0.3, 0.4) is 0 Å².